The summed E-state index contributed by atoms with van der Waals surface area (Å²) >= 11 is 0. The zero-order chi connectivity index (χ0) is 19.4. The molecule has 1 aliphatic heterocycles. The van der Waals surface area contributed by atoms with E-state index in [0.29, 0.717) is 24.3 Å². The molecule has 4 fully saturated rings. The van der Waals surface area contributed by atoms with Gasteiger partial charge in [-0.05, 0) is 87.4 Å². The molecule has 4 aliphatic rings. The Labute approximate surface area is 164 Å². The number of rotatable bonds is 3. The summed E-state index contributed by atoms with van der Waals surface area (Å²) < 4.78 is 0. The number of nitrogens with one attached hydrogen (secondary N) is 1. The molecule has 1 saturated heterocycles. The van der Waals surface area contributed by atoms with Crippen molar-refractivity contribution in [1.82, 2.24) is 10.2 Å². The van der Waals surface area contributed by atoms with Crippen LogP contribution in [0.15, 0.2) is 0 Å². The maximum absolute atomic E-state index is 13.2. The second-order valence-electron chi connectivity index (χ2n) is 10.3. The van der Waals surface area contributed by atoms with E-state index in [9.17, 15) is 9.59 Å². The summed E-state index contributed by atoms with van der Waals surface area (Å²) in [4.78, 5) is 27.2. The molecule has 3 saturated carbocycles. The fourth-order valence-electron chi connectivity index (χ4n) is 7.86. The van der Waals surface area contributed by atoms with Gasteiger partial charge in [0.25, 0.3) is 0 Å². The third-order valence-electron chi connectivity index (χ3n) is 9.47. The molecule has 1 N–H and O–H groups in total. The maximum Gasteiger partial charge on any atom is 0.226 e. The number of nitrogens with zero attached hydrogens (tertiary/aromatic N) is 1. The normalized spacial score (nSPS) is 46.1. The monoisotopic (exact) mass is 374 g/mol. The summed E-state index contributed by atoms with van der Waals surface area (Å²) in [6.45, 7) is 10.8. The van der Waals surface area contributed by atoms with Crippen molar-refractivity contribution >= 4 is 11.8 Å². The van der Waals surface area contributed by atoms with E-state index < -0.39 is 0 Å². The van der Waals surface area contributed by atoms with Crippen molar-refractivity contribution in [3.63, 3.8) is 0 Å². The molecule has 27 heavy (non-hydrogen) atoms. The lowest BCUT2D eigenvalue weighted by Gasteiger charge is -2.60. The average molecular weight is 375 g/mol. The highest BCUT2D eigenvalue weighted by atomic mass is 16.2. The molecule has 3 aliphatic carbocycles. The highest BCUT2D eigenvalue weighted by molar-refractivity contribution is 5.80. The second kappa shape index (κ2) is 6.77. The zero-order valence-electron chi connectivity index (χ0n) is 17.7. The second-order valence-corrected chi connectivity index (χ2v) is 10.3. The molecule has 0 spiro atoms. The Bertz CT molecular complexity index is 615. The predicted molar refractivity (Wildman–Crippen MR) is 107 cm³/mol. The van der Waals surface area contributed by atoms with Crippen molar-refractivity contribution < 1.29 is 9.59 Å². The van der Waals surface area contributed by atoms with Crippen LogP contribution in [0.5, 0.6) is 0 Å². The van der Waals surface area contributed by atoms with E-state index in [1.165, 1.54) is 25.7 Å². The quantitative estimate of drug-likeness (QED) is 0.812. The molecule has 7 atom stereocenters. The summed E-state index contributed by atoms with van der Waals surface area (Å²) in [7, 11) is 0. The van der Waals surface area contributed by atoms with Gasteiger partial charge in [-0.2, -0.15) is 0 Å². The molecule has 4 heteroatoms. The molecule has 0 bridgehead atoms. The van der Waals surface area contributed by atoms with Gasteiger partial charge in [0.05, 0.1) is 0 Å². The lowest BCUT2D eigenvalue weighted by Crippen LogP contribution is -2.61. The summed E-state index contributed by atoms with van der Waals surface area (Å²) in [5.74, 6) is 3.04. The van der Waals surface area contributed by atoms with E-state index in [1.807, 2.05) is 0 Å². The van der Waals surface area contributed by atoms with Gasteiger partial charge in [-0.3, -0.25) is 9.59 Å². The first kappa shape index (κ1) is 19.3. The number of amides is 2. The Hall–Kier alpha value is -1.06. The fourth-order valence-corrected chi connectivity index (χ4v) is 7.86. The molecule has 0 unspecified atom stereocenters. The molecule has 4 nitrogen and oxygen atoms in total. The Kier molecular flexibility index (Phi) is 4.83. The molecule has 0 radical (unpaired) electrons. The Balaban J connectivity index is 1.57. The van der Waals surface area contributed by atoms with Crippen LogP contribution in [0.4, 0.5) is 0 Å². The highest BCUT2D eigenvalue weighted by Gasteiger charge is 2.61. The Morgan fingerprint density at radius 3 is 2.41 bits per heavy atom. The molecular formula is C23H38N2O2. The van der Waals surface area contributed by atoms with E-state index in [4.69, 9.17) is 0 Å². The van der Waals surface area contributed by atoms with Gasteiger partial charge >= 0.3 is 0 Å². The first-order chi connectivity index (χ1) is 12.8. The summed E-state index contributed by atoms with van der Waals surface area (Å²) in [5, 5.41) is 3.32. The van der Waals surface area contributed by atoms with Crippen LogP contribution < -0.4 is 5.32 Å². The number of carbonyl (C=O) groups is 2. The van der Waals surface area contributed by atoms with E-state index in [1.54, 1.807) is 0 Å². The largest absolute Gasteiger partial charge is 0.353 e. The van der Waals surface area contributed by atoms with Crippen LogP contribution >= 0.6 is 0 Å². The van der Waals surface area contributed by atoms with E-state index in [2.05, 4.69) is 37.9 Å². The molecular weight excluding hydrogens is 336 g/mol. The van der Waals surface area contributed by atoms with Crippen molar-refractivity contribution in [2.45, 2.75) is 85.1 Å². The van der Waals surface area contributed by atoms with Crippen molar-refractivity contribution in [1.29, 1.82) is 0 Å². The molecule has 0 aromatic carbocycles. The summed E-state index contributed by atoms with van der Waals surface area (Å²) in [6.07, 6.45) is 8.84. The number of hydrogen-bond donors (Lipinski definition) is 1. The molecule has 0 aromatic rings. The van der Waals surface area contributed by atoms with Crippen molar-refractivity contribution in [3.8, 4) is 0 Å². The van der Waals surface area contributed by atoms with E-state index in [0.717, 1.165) is 44.2 Å². The van der Waals surface area contributed by atoms with Crippen LogP contribution in [0.2, 0.25) is 0 Å². The third-order valence-corrected chi connectivity index (χ3v) is 9.47. The first-order valence-electron chi connectivity index (χ1n) is 11.4. The Morgan fingerprint density at radius 1 is 1.00 bits per heavy atom. The minimum atomic E-state index is 0.182. The number of carbonyl (C=O) groups excluding carboxylic acids is 2. The fraction of sp³-hybridized carbons (Fsp3) is 0.913. The van der Waals surface area contributed by atoms with Gasteiger partial charge in [-0.15, -0.1) is 0 Å². The van der Waals surface area contributed by atoms with Crippen LogP contribution in [-0.4, -0.2) is 35.8 Å². The van der Waals surface area contributed by atoms with Crippen molar-refractivity contribution in [2.75, 3.05) is 13.1 Å². The predicted octanol–water partition coefficient (Wildman–Crippen LogP) is 3.99. The van der Waals surface area contributed by atoms with Gasteiger partial charge in [-0.25, -0.2) is 0 Å². The first-order valence-corrected chi connectivity index (χ1v) is 11.4. The number of hydrogen-bond acceptors (Lipinski definition) is 2. The smallest absolute Gasteiger partial charge is 0.226 e. The SMILES string of the molecule is CCN(CC)C(=O)[C@H]1CC[C@H]2[C@@H]3CC[C@H]4NC(=O)CC[C@]4(C)[C@H]3CC[C@]12C. The van der Waals surface area contributed by atoms with Crippen molar-refractivity contribution in [3.05, 3.63) is 0 Å². The summed E-state index contributed by atoms with van der Waals surface area (Å²) in [5.41, 5.74) is 0.446. The lowest BCUT2D eigenvalue weighted by atomic mass is 9.47. The topological polar surface area (TPSA) is 49.4 Å². The zero-order valence-corrected chi connectivity index (χ0v) is 17.7. The van der Waals surface area contributed by atoms with Crippen LogP contribution in [0.3, 0.4) is 0 Å². The molecule has 1 heterocycles. The van der Waals surface area contributed by atoms with Gasteiger partial charge in [-0.1, -0.05) is 13.8 Å². The minimum Gasteiger partial charge on any atom is -0.353 e. The molecule has 2 amide bonds. The number of piperidine rings is 1. The van der Waals surface area contributed by atoms with Crippen LogP contribution in [0.25, 0.3) is 0 Å². The van der Waals surface area contributed by atoms with Gasteiger partial charge in [0.1, 0.15) is 0 Å². The standard InChI is InChI=1S/C23H38N2O2/c1-5-25(6-2)21(27)18-9-8-16-15-7-10-19-23(4,14-12-20(26)24-19)17(15)11-13-22(16,18)3/h15-19H,5-14H2,1-4H3,(H,24,26)/t15-,16-,17-,18+,19+,22-,23+/m0/s1. The van der Waals surface area contributed by atoms with Crippen molar-refractivity contribution in [2.24, 2.45) is 34.5 Å². The van der Waals surface area contributed by atoms with E-state index in [-0.39, 0.29) is 22.7 Å². The van der Waals surface area contributed by atoms with Gasteiger partial charge in [0.2, 0.25) is 11.8 Å². The maximum atomic E-state index is 13.2. The van der Waals surface area contributed by atoms with Crippen LogP contribution in [0.1, 0.15) is 79.1 Å². The highest BCUT2D eigenvalue weighted by Crippen LogP contribution is 2.65. The van der Waals surface area contributed by atoms with Gasteiger partial charge in [0.15, 0.2) is 0 Å². The number of fused-ring (bicyclic) bond motifs is 5. The lowest BCUT2D eigenvalue weighted by molar-refractivity contribution is -0.147. The molecule has 4 rings (SSSR count). The van der Waals surface area contributed by atoms with E-state index >= 15 is 0 Å². The van der Waals surface area contributed by atoms with Crippen LogP contribution in [-0.2, 0) is 9.59 Å². The van der Waals surface area contributed by atoms with Crippen LogP contribution in [0, 0.1) is 34.5 Å². The minimum absolute atomic E-state index is 0.182. The Morgan fingerprint density at radius 2 is 1.70 bits per heavy atom. The van der Waals surface area contributed by atoms with Gasteiger partial charge in [0, 0.05) is 31.5 Å². The van der Waals surface area contributed by atoms with Gasteiger partial charge < -0.3 is 10.2 Å². The third kappa shape index (κ3) is 2.76. The molecule has 0 aromatic heterocycles. The summed E-state index contributed by atoms with van der Waals surface area (Å²) in [6, 6.07) is 0.374. The molecule has 152 valence electrons. The average Bonchev–Trinajstić information content (AvgIpc) is 3.00.